The van der Waals surface area contributed by atoms with Gasteiger partial charge < -0.3 is 9.64 Å². The Kier molecular flexibility index (Phi) is 4.80. The van der Waals surface area contributed by atoms with E-state index in [9.17, 15) is 4.79 Å². The number of aromatic nitrogens is 4. The third kappa shape index (κ3) is 3.65. The first-order valence-electron chi connectivity index (χ1n) is 10.6. The molecule has 0 spiro atoms. The van der Waals surface area contributed by atoms with E-state index in [1.54, 1.807) is 10.7 Å². The fourth-order valence-electron chi connectivity index (χ4n) is 4.62. The lowest BCUT2D eigenvalue weighted by Gasteiger charge is -2.35. The molecular formula is C21H29N5O2. The Balaban J connectivity index is 1.17. The van der Waals surface area contributed by atoms with Crippen LogP contribution in [-0.2, 0) is 24.8 Å². The Labute approximate surface area is 165 Å². The van der Waals surface area contributed by atoms with Crippen LogP contribution in [0.15, 0.2) is 23.1 Å². The van der Waals surface area contributed by atoms with Gasteiger partial charge in [0.1, 0.15) is 0 Å². The van der Waals surface area contributed by atoms with Gasteiger partial charge in [-0.3, -0.25) is 9.48 Å². The number of fused-ring (bicyclic) bond motifs is 1. The zero-order valence-electron chi connectivity index (χ0n) is 16.6. The first-order chi connectivity index (χ1) is 13.7. The highest BCUT2D eigenvalue weighted by Gasteiger charge is 2.29. The van der Waals surface area contributed by atoms with Crippen LogP contribution in [0.5, 0.6) is 0 Å². The maximum absolute atomic E-state index is 12.2. The quantitative estimate of drug-likeness (QED) is 0.789. The number of likely N-dealkylation sites (tertiary alicyclic amines) is 1. The average molecular weight is 383 g/mol. The molecule has 150 valence electrons. The molecule has 7 nitrogen and oxygen atoms in total. The van der Waals surface area contributed by atoms with E-state index >= 15 is 0 Å². The summed E-state index contributed by atoms with van der Waals surface area (Å²) in [4.78, 5) is 14.7. The largest absolute Gasteiger partial charge is 0.372 e. The first kappa shape index (κ1) is 18.1. The molecule has 1 atom stereocenters. The summed E-state index contributed by atoms with van der Waals surface area (Å²) in [6.45, 7) is 4.56. The van der Waals surface area contributed by atoms with Gasteiger partial charge in [0.2, 0.25) is 0 Å². The molecule has 4 heterocycles. The molecule has 0 bridgehead atoms. The molecule has 2 aromatic rings. The summed E-state index contributed by atoms with van der Waals surface area (Å²) < 4.78 is 9.74. The third-order valence-corrected chi connectivity index (χ3v) is 6.54. The van der Waals surface area contributed by atoms with Crippen LogP contribution in [0.1, 0.15) is 54.7 Å². The maximum atomic E-state index is 12.2. The zero-order valence-corrected chi connectivity index (χ0v) is 16.6. The van der Waals surface area contributed by atoms with Crippen molar-refractivity contribution in [2.75, 3.05) is 26.2 Å². The second kappa shape index (κ2) is 7.44. The molecule has 5 rings (SSSR count). The van der Waals surface area contributed by atoms with E-state index in [0.29, 0.717) is 11.8 Å². The van der Waals surface area contributed by atoms with Crippen LogP contribution in [0.4, 0.5) is 0 Å². The van der Waals surface area contributed by atoms with Crippen molar-refractivity contribution in [1.82, 2.24) is 24.5 Å². The summed E-state index contributed by atoms with van der Waals surface area (Å²) in [5.74, 6) is 1.11. The van der Waals surface area contributed by atoms with Gasteiger partial charge in [0.15, 0.2) is 0 Å². The molecule has 1 saturated heterocycles. The molecular weight excluding hydrogens is 354 g/mol. The summed E-state index contributed by atoms with van der Waals surface area (Å²) in [6, 6.07) is 3.61. The van der Waals surface area contributed by atoms with Crippen LogP contribution in [-0.4, -0.2) is 50.7 Å². The molecule has 0 amide bonds. The number of piperidine rings is 1. The van der Waals surface area contributed by atoms with Gasteiger partial charge in [-0.1, -0.05) is 0 Å². The van der Waals surface area contributed by atoms with Gasteiger partial charge in [0.05, 0.1) is 24.6 Å². The van der Waals surface area contributed by atoms with Gasteiger partial charge >= 0.3 is 0 Å². The van der Waals surface area contributed by atoms with Crippen LogP contribution in [0, 0.1) is 5.92 Å². The van der Waals surface area contributed by atoms with Gasteiger partial charge in [-0.15, -0.1) is 0 Å². The topological polar surface area (TPSA) is 65.2 Å². The fourth-order valence-corrected chi connectivity index (χ4v) is 4.62. The monoisotopic (exact) mass is 383 g/mol. The van der Waals surface area contributed by atoms with E-state index in [-0.39, 0.29) is 11.7 Å². The smallest absolute Gasteiger partial charge is 0.266 e. The van der Waals surface area contributed by atoms with E-state index in [1.807, 2.05) is 24.0 Å². The predicted octanol–water partition coefficient (Wildman–Crippen LogP) is 1.88. The molecule has 2 aliphatic heterocycles. The van der Waals surface area contributed by atoms with E-state index in [4.69, 9.17) is 4.74 Å². The summed E-state index contributed by atoms with van der Waals surface area (Å²) in [6.07, 6.45) is 7.69. The Morgan fingerprint density at radius 3 is 2.75 bits per heavy atom. The van der Waals surface area contributed by atoms with E-state index in [2.05, 4.69) is 15.1 Å². The molecule has 3 aliphatic rings. The minimum absolute atomic E-state index is 0.0338. The third-order valence-electron chi connectivity index (χ3n) is 6.54. The second-order valence-corrected chi connectivity index (χ2v) is 8.58. The second-order valence-electron chi connectivity index (χ2n) is 8.58. The number of rotatable bonds is 5. The Morgan fingerprint density at radius 2 is 1.96 bits per heavy atom. The van der Waals surface area contributed by atoms with Crippen LogP contribution in [0.3, 0.4) is 0 Å². The predicted molar refractivity (Wildman–Crippen MR) is 105 cm³/mol. The minimum Gasteiger partial charge on any atom is -0.372 e. The molecule has 7 heteroatoms. The van der Waals surface area contributed by atoms with E-state index < -0.39 is 0 Å². The Morgan fingerprint density at radius 1 is 1.14 bits per heavy atom. The number of hydrogen-bond donors (Lipinski definition) is 0. The minimum atomic E-state index is 0.0338. The van der Waals surface area contributed by atoms with E-state index in [0.717, 1.165) is 57.7 Å². The van der Waals surface area contributed by atoms with Crippen LogP contribution in [0.25, 0.3) is 0 Å². The van der Waals surface area contributed by atoms with Crippen molar-refractivity contribution in [2.45, 2.75) is 50.7 Å². The molecule has 1 aliphatic carbocycles. The van der Waals surface area contributed by atoms with Gasteiger partial charge in [0, 0.05) is 49.8 Å². The first-order valence-corrected chi connectivity index (χ1v) is 10.6. The summed E-state index contributed by atoms with van der Waals surface area (Å²) >= 11 is 0. The summed E-state index contributed by atoms with van der Waals surface area (Å²) in [5.41, 5.74) is 3.70. The molecule has 1 saturated carbocycles. The van der Waals surface area contributed by atoms with Crippen molar-refractivity contribution in [3.63, 3.8) is 0 Å². The molecule has 1 unspecified atom stereocenters. The SMILES string of the molecule is Cn1ncc2c1CCOC2CN1CCC(Cn2nc(C3CC3)ccc2=O)CC1. The van der Waals surface area contributed by atoms with Crippen molar-refractivity contribution in [1.29, 1.82) is 0 Å². The highest BCUT2D eigenvalue weighted by atomic mass is 16.5. The van der Waals surface area contributed by atoms with Crippen LogP contribution >= 0.6 is 0 Å². The Hall–Kier alpha value is -1.99. The fraction of sp³-hybridized carbons (Fsp3) is 0.667. The normalized spacial score (nSPS) is 23.7. The molecule has 28 heavy (non-hydrogen) atoms. The van der Waals surface area contributed by atoms with Crippen molar-refractivity contribution in [3.05, 3.63) is 45.6 Å². The van der Waals surface area contributed by atoms with Crippen LogP contribution < -0.4 is 5.56 Å². The lowest BCUT2D eigenvalue weighted by atomic mass is 9.96. The van der Waals surface area contributed by atoms with Gasteiger partial charge in [-0.25, -0.2) is 4.68 Å². The van der Waals surface area contributed by atoms with Gasteiger partial charge in [0.25, 0.3) is 5.56 Å². The number of nitrogens with zero attached hydrogens (tertiary/aromatic N) is 5. The highest BCUT2D eigenvalue weighted by molar-refractivity contribution is 5.23. The number of ether oxygens (including phenoxy) is 1. The molecule has 2 fully saturated rings. The van der Waals surface area contributed by atoms with Crippen molar-refractivity contribution >= 4 is 0 Å². The summed E-state index contributed by atoms with van der Waals surface area (Å²) in [7, 11) is 2.01. The number of aryl methyl sites for hydroxylation is 1. The lowest BCUT2D eigenvalue weighted by Crippen LogP contribution is -2.40. The van der Waals surface area contributed by atoms with Gasteiger partial charge in [-0.2, -0.15) is 10.2 Å². The van der Waals surface area contributed by atoms with Crippen LogP contribution in [0.2, 0.25) is 0 Å². The van der Waals surface area contributed by atoms with Crippen molar-refractivity contribution in [2.24, 2.45) is 13.0 Å². The average Bonchev–Trinajstić information content (AvgIpc) is 3.49. The molecule has 0 aromatic carbocycles. The van der Waals surface area contributed by atoms with Crippen molar-refractivity contribution < 1.29 is 4.74 Å². The molecule has 0 N–H and O–H groups in total. The zero-order chi connectivity index (χ0) is 19.1. The standard InChI is InChI=1S/C21H29N5O2/c1-24-19-8-11-28-20(17(19)12-22-24)14-25-9-6-15(7-10-25)13-26-21(27)5-4-18(23-26)16-2-3-16/h4-5,12,15-16,20H,2-3,6-11,13-14H2,1H3. The summed E-state index contributed by atoms with van der Waals surface area (Å²) in [5, 5.41) is 9.04. The number of hydrogen-bond acceptors (Lipinski definition) is 5. The van der Waals surface area contributed by atoms with Crippen molar-refractivity contribution in [3.8, 4) is 0 Å². The van der Waals surface area contributed by atoms with Gasteiger partial charge in [-0.05, 0) is 50.8 Å². The lowest BCUT2D eigenvalue weighted by molar-refractivity contribution is 0.00700. The Bertz CT molecular complexity index is 892. The molecule has 2 aromatic heterocycles. The molecule has 0 radical (unpaired) electrons. The highest BCUT2D eigenvalue weighted by Crippen LogP contribution is 2.38. The van der Waals surface area contributed by atoms with E-state index in [1.165, 1.54) is 24.1 Å². The maximum Gasteiger partial charge on any atom is 0.266 e.